The van der Waals surface area contributed by atoms with Crippen molar-refractivity contribution >= 4 is 0 Å². The monoisotopic (exact) mass is 211 g/mol. The van der Waals surface area contributed by atoms with E-state index in [1.165, 1.54) is 38.6 Å². The van der Waals surface area contributed by atoms with E-state index in [0.29, 0.717) is 0 Å². The molecule has 0 amide bonds. The average Bonchev–Trinajstić information content (AvgIpc) is 2.14. The van der Waals surface area contributed by atoms with Crippen LogP contribution in [0, 0.1) is 23.7 Å². The number of rotatable bonds is 5. The van der Waals surface area contributed by atoms with E-state index >= 15 is 0 Å². The predicted molar refractivity (Wildman–Crippen MR) is 68.0 cm³/mol. The topological polar surface area (TPSA) is 12.0 Å². The Kier molecular flexibility index (Phi) is 5.66. The molecule has 1 fully saturated rings. The lowest BCUT2D eigenvalue weighted by molar-refractivity contribution is 0.189. The van der Waals surface area contributed by atoms with Crippen molar-refractivity contribution in [3.63, 3.8) is 0 Å². The van der Waals surface area contributed by atoms with Crippen LogP contribution in [-0.2, 0) is 0 Å². The van der Waals surface area contributed by atoms with Crippen molar-refractivity contribution < 1.29 is 0 Å². The van der Waals surface area contributed by atoms with Crippen molar-refractivity contribution in [2.45, 2.75) is 52.9 Å². The zero-order valence-corrected chi connectivity index (χ0v) is 11.1. The summed E-state index contributed by atoms with van der Waals surface area (Å²) in [5, 5.41) is 3.34. The maximum atomic E-state index is 3.34. The van der Waals surface area contributed by atoms with E-state index in [-0.39, 0.29) is 0 Å². The van der Waals surface area contributed by atoms with Gasteiger partial charge in [-0.2, -0.15) is 0 Å². The second-order valence-electron chi connectivity index (χ2n) is 6.07. The third-order valence-electron chi connectivity index (χ3n) is 3.78. The largest absolute Gasteiger partial charge is 0.319 e. The Bertz CT molecular complexity index is 165. The molecule has 3 unspecified atom stereocenters. The Morgan fingerprint density at radius 3 is 2.40 bits per heavy atom. The summed E-state index contributed by atoms with van der Waals surface area (Å²) in [7, 11) is 2.09. The molecule has 90 valence electrons. The highest BCUT2D eigenvalue weighted by atomic mass is 14.8. The molecule has 1 saturated carbocycles. The van der Waals surface area contributed by atoms with Gasteiger partial charge in [0.15, 0.2) is 0 Å². The van der Waals surface area contributed by atoms with Gasteiger partial charge in [-0.15, -0.1) is 0 Å². The minimum Gasteiger partial charge on any atom is -0.319 e. The first-order valence-corrected chi connectivity index (χ1v) is 6.76. The van der Waals surface area contributed by atoms with Gasteiger partial charge in [-0.1, -0.05) is 33.6 Å². The van der Waals surface area contributed by atoms with E-state index in [9.17, 15) is 0 Å². The predicted octanol–water partition coefficient (Wildman–Crippen LogP) is 3.69. The molecule has 0 aromatic heterocycles. The fraction of sp³-hybridized carbons (Fsp3) is 1.00. The van der Waals surface area contributed by atoms with Gasteiger partial charge in [0.2, 0.25) is 0 Å². The molecule has 1 aliphatic carbocycles. The zero-order valence-electron chi connectivity index (χ0n) is 11.1. The molecule has 1 N–H and O–H groups in total. The zero-order chi connectivity index (χ0) is 11.3. The summed E-state index contributed by atoms with van der Waals surface area (Å²) in [5.74, 6) is 3.78. The summed E-state index contributed by atoms with van der Waals surface area (Å²) < 4.78 is 0. The van der Waals surface area contributed by atoms with Crippen molar-refractivity contribution in [1.82, 2.24) is 5.32 Å². The van der Waals surface area contributed by atoms with Crippen molar-refractivity contribution in [3.05, 3.63) is 0 Å². The lowest BCUT2D eigenvalue weighted by Gasteiger charge is -2.33. The first-order chi connectivity index (χ1) is 7.11. The van der Waals surface area contributed by atoms with Crippen molar-refractivity contribution in [2.24, 2.45) is 23.7 Å². The van der Waals surface area contributed by atoms with E-state index < -0.39 is 0 Å². The highest BCUT2D eigenvalue weighted by Crippen LogP contribution is 2.35. The number of hydrogen-bond acceptors (Lipinski definition) is 1. The lowest BCUT2D eigenvalue weighted by atomic mass is 9.74. The van der Waals surface area contributed by atoms with Gasteiger partial charge in [0.05, 0.1) is 0 Å². The van der Waals surface area contributed by atoms with Crippen LogP contribution in [0.4, 0.5) is 0 Å². The van der Waals surface area contributed by atoms with Gasteiger partial charge < -0.3 is 5.32 Å². The van der Waals surface area contributed by atoms with Crippen LogP contribution >= 0.6 is 0 Å². The molecule has 0 saturated heterocycles. The smallest absolute Gasteiger partial charge is 0.00233 e. The third-order valence-corrected chi connectivity index (χ3v) is 3.78. The second-order valence-corrected chi connectivity index (χ2v) is 6.07. The van der Waals surface area contributed by atoms with Crippen LogP contribution in [0.2, 0.25) is 0 Å². The molecule has 1 heteroatoms. The minimum atomic E-state index is 0.880. The van der Waals surface area contributed by atoms with Gasteiger partial charge in [-0.3, -0.25) is 0 Å². The molecule has 0 spiro atoms. The molecule has 0 aliphatic heterocycles. The minimum absolute atomic E-state index is 0.880. The van der Waals surface area contributed by atoms with Crippen molar-refractivity contribution in [1.29, 1.82) is 0 Å². The maximum Gasteiger partial charge on any atom is -0.00233 e. The fourth-order valence-electron chi connectivity index (χ4n) is 3.16. The lowest BCUT2D eigenvalue weighted by Crippen LogP contribution is -2.28. The first-order valence-electron chi connectivity index (χ1n) is 6.76. The molecule has 15 heavy (non-hydrogen) atoms. The summed E-state index contributed by atoms with van der Waals surface area (Å²) >= 11 is 0. The Balaban J connectivity index is 2.31. The van der Waals surface area contributed by atoms with Crippen LogP contribution in [0.5, 0.6) is 0 Å². The molecule has 0 aromatic rings. The van der Waals surface area contributed by atoms with Crippen molar-refractivity contribution in [3.8, 4) is 0 Å². The van der Waals surface area contributed by atoms with E-state index in [2.05, 4.69) is 33.1 Å². The van der Waals surface area contributed by atoms with Gasteiger partial charge in [-0.05, 0) is 56.5 Å². The van der Waals surface area contributed by atoms with Crippen LogP contribution in [0.15, 0.2) is 0 Å². The Hall–Kier alpha value is -0.0400. The fourth-order valence-corrected chi connectivity index (χ4v) is 3.16. The Labute approximate surface area is 96.0 Å². The maximum absolute atomic E-state index is 3.34. The van der Waals surface area contributed by atoms with E-state index in [4.69, 9.17) is 0 Å². The SMILES string of the molecule is CNCC1CC(C)CC(CCC(C)C)C1. The molecule has 1 aliphatic rings. The Morgan fingerprint density at radius 2 is 1.80 bits per heavy atom. The second kappa shape index (κ2) is 6.52. The van der Waals surface area contributed by atoms with Gasteiger partial charge in [-0.25, -0.2) is 0 Å². The molecule has 1 rings (SSSR count). The van der Waals surface area contributed by atoms with Crippen LogP contribution in [-0.4, -0.2) is 13.6 Å². The summed E-state index contributed by atoms with van der Waals surface area (Å²) in [6.45, 7) is 8.35. The summed E-state index contributed by atoms with van der Waals surface area (Å²) in [4.78, 5) is 0. The quantitative estimate of drug-likeness (QED) is 0.731. The molecule has 1 nitrogen and oxygen atoms in total. The van der Waals surface area contributed by atoms with E-state index in [1.807, 2.05) is 0 Å². The molecular weight excluding hydrogens is 182 g/mol. The number of hydrogen-bond donors (Lipinski definition) is 1. The summed E-state index contributed by atoms with van der Waals surface area (Å²) in [6.07, 6.45) is 7.27. The summed E-state index contributed by atoms with van der Waals surface area (Å²) in [5.41, 5.74) is 0. The van der Waals surface area contributed by atoms with Gasteiger partial charge in [0, 0.05) is 0 Å². The van der Waals surface area contributed by atoms with Gasteiger partial charge in [0.1, 0.15) is 0 Å². The van der Waals surface area contributed by atoms with Crippen LogP contribution in [0.1, 0.15) is 52.9 Å². The molecule has 0 bridgehead atoms. The van der Waals surface area contributed by atoms with Crippen LogP contribution in [0.3, 0.4) is 0 Å². The number of nitrogens with one attached hydrogen (secondary N) is 1. The normalized spacial score (nSPS) is 32.2. The molecular formula is C14H29N. The molecule has 0 radical (unpaired) electrons. The van der Waals surface area contributed by atoms with Gasteiger partial charge in [0.25, 0.3) is 0 Å². The van der Waals surface area contributed by atoms with E-state index in [1.54, 1.807) is 0 Å². The standard InChI is InChI=1S/C14H29N/c1-11(2)5-6-13-7-12(3)8-14(9-13)10-15-4/h11-15H,5-10H2,1-4H3. The van der Waals surface area contributed by atoms with Crippen LogP contribution < -0.4 is 5.32 Å². The third kappa shape index (κ3) is 5.01. The molecule has 0 aromatic carbocycles. The Morgan fingerprint density at radius 1 is 1.13 bits per heavy atom. The molecule has 3 atom stereocenters. The highest BCUT2D eigenvalue weighted by Gasteiger charge is 2.25. The highest BCUT2D eigenvalue weighted by molar-refractivity contribution is 4.78. The van der Waals surface area contributed by atoms with Crippen LogP contribution in [0.25, 0.3) is 0 Å². The van der Waals surface area contributed by atoms with E-state index in [0.717, 1.165) is 23.7 Å². The first kappa shape index (κ1) is 13.0. The summed E-state index contributed by atoms with van der Waals surface area (Å²) in [6, 6.07) is 0. The van der Waals surface area contributed by atoms with Gasteiger partial charge >= 0.3 is 0 Å². The van der Waals surface area contributed by atoms with Crippen molar-refractivity contribution in [2.75, 3.05) is 13.6 Å². The molecule has 0 heterocycles. The average molecular weight is 211 g/mol.